The molecule has 25 heavy (non-hydrogen) atoms. The van der Waals surface area contributed by atoms with Gasteiger partial charge in [-0.1, -0.05) is 12.1 Å². The molecule has 0 fully saturated rings. The number of hydrogen-bond donors (Lipinski definition) is 1. The molecule has 1 N–H and O–H groups in total. The van der Waals surface area contributed by atoms with Gasteiger partial charge < -0.3 is 10.1 Å². The summed E-state index contributed by atoms with van der Waals surface area (Å²) in [6, 6.07) is 7.83. The van der Waals surface area contributed by atoms with E-state index in [2.05, 4.69) is 25.1 Å². The fourth-order valence-electron chi connectivity index (χ4n) is 2.31. The molecule has 130 valence electrons. The second-order valence-electron chi connectivity index (χ2n) is 5.39. The molecule has 0 radical (unpaired) electrons. The Morgan fingerprint density at radius 2 is 1.96 bits per heavy atom. The maximum atomic E-state index is 12.2. The Kier molecular flexibility index (Phi) is 4.55. The quantitative estimate of drug-likeness (QED) is 0.766. The van der Waals surface area contributed by atoms with Crippen molar-refractivity contribution in [1.82, 2.24) is 24.9 Å². The standard InChI is InChI=1S/C16H15F2N5O2/c1-9-7-10(2)23-16(20-9)21-13(22-23)14(24)19-8-11-3-5-12(6-4-11)25-15(17)18/h3-7,15H,8H2,1-2H3,(H,19,24). The normalized spacial score (nSPS) is 11.1. The zero-order valence-electron chi connectivity index (χ0n) is 13.5. The van der Waals surface area contributed by atoms with Crippen LogP contribution in [0, 0.1) is 13.8 Å². The molecule has 0 bridgehead atoms. The van der Waals surface area contributed by atoms with Crippen LogP contribution in [0.3, 0.4) is 0 Å². The Hall–Kier alpha value is -3.10. The third kappa shape index (κ3) is 3.87. The molecule has 0 aliphatic rings. The van der Waals surface area contributed by atoms with Crippen LogP contribution in [0.5, 0.6) is 5.75 Å². The van der Waals surface area contributed by atoms with Crippen LogP contribution in [0.15, 0.2) is 30.3 Å². The summed E-state index contributed by atoms with van der Waals surface area (Å²) >= 11 is 0. The van der Waals surface area contributed by atoms with Gasteiger partial charge in [-0.3, -0.25) is 4.79 Å². The van der Waals surface area contributed by atoms with Crippen molar-refractivity contribution in [1.29, 1.82) is 0 Å². The number of nitrogens with zero attached hydrogens (tertiary/aromatic N) is 4. The number of halogens is 2. The number of hydrogen-bond acceptors (Lipinski definition) is 5. The number of carbonyl (C=O) groups is 1. The molecule has 0 saturated heterocycles. The lowest BCUT2D eigenvalue weighted by Crippen LogP contribution is -2.24. The third-order valence-electron chi connectivity index (χ3n) is 3.42. The van der Waals surface area contributed by atoms with E-state index in [0.717, 1.165) is 17.0 Å². The fourth-order valence-corrected chi connectivity index (χ4v) is 2.31. The molecule has 0 saturated carbocycles. The fraction of sp³-hybridized carbons (Fsp3) is 0.250. The van der Waals surface area contributed by atoms with Crippen molar-refractivity contribution in [3.05, 3.63) is 53.1 Å². The lowest BCUT2D eigenvalue weighted by molar-refractivity contribution is -0.0498. The summed E-state index contributed by atoms with van der Waals surface area (Å²) in [5, 5.41) is 6.82. The van der Waals surface area contributed by atoms with Crippen molar-refractivity contribution < 1.29 is 18.3 Å². The van der Waals surface area contributed by atoms with Gasteiger partial charge in [0.25, 0.3) is 11.7 Å². The molecule has 1 aromatic carbocycles. The van der Waals surface area contributed by atoms with Crippen molar-refractivity contribution >= 4 is 11.7 Å². The van der Waals surface area contributed by atoms with E-state index in [1.807, 2.05) is 19.9 Å². The number of benzene rings is 1. The predicted molar refractivity (Wildman–Crippen MR) is 84.5 cm³/mol. The van der Waals surface area contributed by atoms with Gasteiger partial charge in [-0.2, -0.15) is 13.8 Å². The van der Waals surface area contributed by atoms with Crippen LogP contribution in [0.25, 0.3) is 5.78 Å². The zero-order valence-corrected chi connectivity index (χ0v) is 13.5. The molecule has 7 nitrogen and oxygen atoms in total. The van der Waals surface area contributed by atoms with Crippen LogP contribution in [0.2, 0.25) is 0 Å². The summed E-state index contributed by atoms with van der Waals surface area (Å²) in [4.78, 5) is 20.5. The van der Waals surface area contributed by atoms with E-state index < -0.39 is 12.5 Å². The van der Waals surface area contributed by atoms with E-state index in [-0.39, 0.29) is 18.1 Å². The summed E-state index contributed by atoms with van der Waals surface area (Å²) in [5.41, 5.74) is 2.34. The lowest BCUT2D eigenvalue weighted by Gasteiger charge is -2.06. The van der Waals surface area contributed by atoms with E-state index in [1.54, 1.807) is 12.1 Å². The topological polar surface area (TPSA) is 81.4 Å². The maximum Gasteiger partial charge on any atom is 0.387 e. The summed E-state index contributed by atoms with van der Waals surface area (Å²) < 4.78 is 30.0. The average molecular weight is 347 g/mol. The first-order valence-corrected chi connectivity index (χ1v) is 7.45. The van der Waals surface area contributed by atoms with E-state index in [4.69, 9.17) is 0 Å². The van der Waals surface area contributed by atoms with Crippen LogP contribution in [0.4, 0.5) is 8.78 Å². The van der Waals surface area contributed by atoms with Gasteiger partial charge in [-0.05, 0) is 37.6 Å². The van der Waals surface area contributed by atoms with Gasteiger partial charge >= 0.3 is 6.61 Å². The van der Waals surface area contributed by atoms with Crippen molar-refractivity contribution in [2.45, 2.75) is 27.0 Å². The van der Waals surface area contributed by atoms with Crippen molar-refractivity contribution in [2.24, 2.45) is 0 Å². The first-order valence-electron chi connectivity index (χ1n) is 7.45. The Balaban J connectivity index is 1.67. The Morgan fingerprint density at radius 1 is 1.24 bits per heavy atom. The molecule has 0 aliphatic heterocycles. The SMILES string of the molecule is Cc1cc(C)n2nc(C(=O)NCc3ccc(OC(F)F)cc3)nc2n1. The molecule has 0 unspecified atom stereocenters. The number of nitrogens with one attached hydrogen (secondary N) is 1. The van der Waals surface area contributed by atoms with Crippen molar-refractivity contribution in [2.75, 3.05) is 0 Å². The number of carbonyl (C=O) groups excluding carboxylic acids is 1. The van der Waals surface area contributed by atoms with Gasteiger partial charge in [0.05, 0.1) is 0 Å². The predicted octanol–water partition coefficient (Wildman–Crippen LogP) is 2.27. The number of aryl methyl sites for hydroxylation is 2. The molecule has 3 aromatic rings. The Labute approximate surface area is 141 Å². The van der Waals surface area contributed by atoms with E-state index >= 15 is 0 Å². The summed E-state index contributed by atoms with van der Waals surface area (Å²) in [6.07, 6.45) is 0. The maximum absolute atomic E-state index is 12.2. The molecule has 0 atom stereocenters. The molecular weight excluding hydrogens is 332 g/mol. The van der Waals surface area contributed by atoms with Gasteiger partial charge in [0.2, 0.25) is 5.82 Å². The van der Waals surface area contributed by atoms with Crippen molar-refractivity contribution in [3.63, 3.8) is 0 Å². The summed E-state index contributed by atoms with van der Waals surface area (Å²) in [5.74, 6) is -0.0190. The molecule has 9 heteroatoms. The van der Waals surface area contributed by atoms with Crippen LogP contribution in [0.1, 0.15) is 27.6 Å². The van der Waals surface area contributed by atoms with Crippen LogP contribution < -0.4 is 10.1 Å². The lowest BCUT2D eigenvalue weighted by atomic mass is 10.2. The molecule has 1 amide bonds. The second-order valence-corrected chi connectivity index (χ2v) is 5.39. The average Bonchev–Trinajstić information content (AvgIpc) is 2.98. The highest BCUT2D eigenvalue weighted by atomic mass is 19.3. The van der Waals surface area contributed by atoms with E-state index in [0.29, 0.717) is 5.78 Å². The molecule has 2 aromatic heterocycles. The molecular formula is C16H15F2N5O2. The summed E-state index contributed by atoms with van der Waals surface area (Å²) in [6.45, 7) is 1.02. The first-order chi connectivity index (χ1) is 11.9. The smallest absolute Gasteiger partial charge is 0.387 e. The highest BCUT2D eigenvalue weighted by Crippen LogP contribution is 2.14. The van der Waals surface area contributed by atoms with Crippen LogP contribution >= 0.6 is 0 Å². The highest BCUT2D eigenvalue weighted by molar-refractivity contribution is 5.90. The minimum atomic E-state index is -2.87. The minimum Gasteiger partial charge on any atom is -0.435 e. The summed E-state index contributed by atoms with van der Waals surface area (Å²) in [7, 11) is 0. The van der Waals surface area contributed by atoms with Crippen LogP contribution in [-0.4, -0.2) is 32.1 Å². The van der Waals surface area contributed by atoms with Gasteiger partial charge in [-0.15, -0.1) is 5.10 Å². The molecule has 0 spiro atoms. The monoisotopic (exact) mass is 347 g/mol. The largest absolute Gasteiger partial charge is 0.435 e. The van der Waals surface area contributed by atoms with Gasteiger partial charge in [-0.25, -0.2) is 9.50 Å². The minimum absolute atomic E-state index is 0.0128. The van der Waals surface area contributed by atoms with E-state index in [9.17, 15) is 13.6 Å². The number of aromatic nitrogens is 4. The number of fused-ring (bicyclic) bond motifs is 1. The van der Waals surface area contributed by atoms with Crippen molar-refractivity contribution in [3.8, 4) is 5.75 Å². The number of amides is 1. The van der Waals surface area contributed by atoms with Gasteiger partial charge in [0.15, 0.2) is 0 Å². The highest BCUT2D eigenvalue weighted by Gasteiger charge is 2.14. The number of ether oxygens (including phenoxy) is 1. The third-order valence-corrected chi connectivity index (χ3v) is 3.42. The van der Waals surface area contributed by atoms with Crippen LogP contribution in [-0.2, 0) is 6.54 Å². The van der Waals surface area contributed by atoms with Gasteiger partial charge in [0.1, 0.15) is 5.75 Å². The Bertz CT molecular complexity index is 909. The van der Waals surface area contributed by atoms with Gasteiger partial charge in [0, 0.05) is 17.9 Å². The number of alkyl halides is 2. The second kappa shape index (κ2) is 6.80. The van der Waals surface area contributed by atoms with E-state index in [1.165, 1.54) is 16.6 Å². The molecule has 3 rings (SSSR count). The number of rotatable bonds is 5. The Morgan fingerprint density at radius 3 is 2.64 bits per heavy atom. The first kappa shape index (κ1) is 16.7. The zero-order chi connectivity index (χ0) is 18.0. The molecule has 2 heterocycles. The molecule has 0 aliphatic carbocycles.